The first kappa shape index (κ1) is 64.3. The Labute approximate surface area is 647 Å². The molecule has 4 heteroatoms. The molecule has 522 valence electrons. The van der Waals surface area contributed by atoms with Crippen LogP contribution in [0.3, 0.4) is 0 Å². The molecule has 0 amide bonds. The van der Waals surface area contributed by atoms with E-state index >= 15 is 0 Å². The standard InChI is InChI=1S/C56H36N2.C52H34N2/c1-2-15-37(16-3-1)44-21-8-11-26-51(44)58-53-28-13-10-25-48(53)50-36-39(30-32-55(50)58)38-29-31-54-49(35-38)47-24-9-12-27-52(47)57(54)43-20-14-19-42(34-43)56-45-22-6-4-17-40(45)33-41-18-5-7-23-46(41)56;1-2-13-36(14-3-1)43-18-6-9-22-48(43)54-50-24-11-8-20-45(50)47-34-39(28-32-52(47)54)38-27-31-51-46(33-38)44-19-7-10-23-49(44)53(51)40-29-25-37(26-30-40)42-21-12-16-35-15-4-5-17-41(35)42/h1-36H;1-34H. The number of hydrogen-bond acceptors (Lipinski definition) is 0. The van der Waals surface area contributed by atoms with Gasteiger partial charge in [-0.25, -0.2) is 0 Å². The highest BCUT2D eigenvalue weighted by molar-refractivity contribution is 6.17. The van der Waals surface area contributed by atoms with E-state index in [2.05, 4.69) is 443 Å². The van der Waals surface area contributed by atoms with Gasteiger partial charge in [0, 0.05) is 65.6 Å². The minimum Gasteiger partial charge on any atom is -0.309 e. The van der Waals surface area contributed by atoms with Crippen molar-refractivity contribution < 1.29 is 0 Å². The first-order chi connectivity index (χ1) is 55.6. The molecule has 23 aromatic rings. The summed E-state index contributed by atoms with van der Waals surface area (Å²) in [5.41, 5.74) is 28.9. The van der Waals surface area contributed by atoms with Gasteiger partial charge < -0.3 is 18.3 Å². The Morgan fingerprint density at radius 3 is 0.902 bits per heavy atom. The fourth-order valence-corrected chi connectivity index (χ4v) is 18.1. The Morgan fingerprint density at radius 2 is 0.438 bits per heavy atom. The summed E-state index contributed by atoms with van der Waals surface area (Å²) < 4.78 is 9.70. The predicted molar refractivity (Wildman–Crippen MR) is 475 cm³/mol. The summed E-state index contributed by atoms with van der Waals surface area (Å²) in [6.45, 7) is 0. The molecule has 0 aliphatic rings. The minimum absolute atomic E-state index is 1.15. The summed E-state index contributed by atoms with van der Waals surface area (Å²) in [6.07, 6.45) is 0. The number of rotatable bonds is 10. The number of para-hydroxylation sites is 6. The van der Waals surface area contributed by atoms with Crippen LogP contribution in [0.1, 0.15) is 0 Å². The third kappa shape index (κ3) is 10.6. The van der Waals surface area contributed by atoms with E-state index in [1.165, 1.54) is 198 Å². The fraction of sp³-hybridized carbons (Fsp3) is 0. The van der Waals surface area contributed by atoms with Gasteiger partial charge in [0.25, 0.3) is 0 Å². The minimum atomic E-state index is 1.15. The number of aromatic nitrogens is 4. The maximum absolute atomic E-state index is 2.44. The van der Waals surface area contributed by atoms with Crippen LogP contribution < -0.4 is 0 Å². The van der Waals surface area contributed by atoms with E-state index in [9.17, 15) is 0 Å². The lowest BCUT2D eigenvalue weighted by molar-refractivity contribution is 1.18. The van der Waals surface area contributed by atoms with E-state index in [-0.39, 0.29) is 0 Å². The fourth-order valence-electron chi connectivity index (χ4n) is 18.1. The Balaban J connectivity index is 0.000000138. The van der Waals surface area contributed by atoms with Crippen LogP contribution in [-0.4, -0.2) is 18.3 Å². The lowest BCUT2D eigenvalue weighted by Gasteiger charge is -2.15. The van der Waals surface area contributed by atoms with Gasteiger partial charge in [0.05, 0.1) is 55.5 Å². The zero-order chi connectivity index (χ0) is 73.7. The van der Waals surface area contributed by atoms with Gasteiger partial charge in [0.1, 0.15) is 0 Å². The molecule has 112 heavy (non-hydrogen) atoms. The summed E-state index contributed by atoms with van der Waals surface area (Å²) in [5, 5.41) is 17.6. The quantitative estimate of drug-likeness (QED) is 0.122. The van der Waals surface area contributed by atoms with Crippen LogP contribution in [-0.2, 0) is 0 Å². The Hall–Kier alpha value is -14.8. The molecule has 4 nitrogen and oxygen atoms in total. The van der Waals surface area contributed by atoms with Gasteiger partial charge in [-0.3, -0.25) is 0 Å². The molecule has 0 N–H and O–H groups in total. The van der Waals surface area contributed by atoms with Crippen molar-refractivity contribution in [3.05, 3.63) is 425 Å². The lowest BCUT2D eigenvalue weighted by Crippen LogP contribution is -1.97. The van der Waals surface area contributed by atoms with E-state index in [0.717, 1.165) is 11.4 Å². The smallest absolute Gasteiger partial charge is 0.0541 e. The number of benzene rings is 19. The van der Waals surface area contributed by atoms with Crippen LogP contribution >= 0.6 is 0 Å². The van der Waals surface area contributed by atoms with Crippen molar-refractivity contribution in [3.8, 4) is 89.5 Å². The van der Waals surface area contributed by atoms with E-state index in [4.69, 9.17) is 0 Å². The molecule has 4 aromatic heterocycles. The summed E-state index contributed by atoms with van der Waals surface area (Å²) in [6, 6.07) is 155. The highest BCUT2D eigenvalue weighted by atomic mass is 15.0. The molecule has 23 rings (SSSR count). The molecular weight excluding hydrogens is 1350 g/mol. The molecule has 19 aromatic carbocycles. The number of nitrogens with zero attached hydrogens (tertiary/aromatic N) is 4. The molecule has 0 aliphatic carbocycles. The third-order valence-corrected chi connectivity index (χ3v) is 23.2. The van der Waals surface area contributed by atoms with Gasteiger partial charge in [-0.05, 0) is 203 Å². The molecule has 4 heterocycles. The van der Waals surface area contributed by atoms with Gasteiger partial charge in [-0.2, -0.15) is 0 Å². The normalized spacial score (nSPS) is 11.8. The van der Waals surface area contributed by atoms with E-state index in [0.29, 0.717) is 0 Å². The maximum atomic E-state index is 2.44. The number of fused-ring (bicyclic) bond motifs is 15. The van der Waals surface area contributed by atoms with Gasteiger partial charge in [-0.15, -0.1) is 0 Å². The molecule has 0 fully saturated rings. The summed E-state index contributed by atoms with van der Waals surface area (Å²) >= 11 is 0. The lowest BCUT2D eigenvalue weighted by atomic mass is 9.92. The molecule has 0 saturated carbocycles. The summed E-state index contributed by atoms with van der Waals surface area (Å²) in [4.78, 5) is 0. The van der Waals surface area contributed by atoms with E-state index in [1.807, 2.05) is 0 Å². The maximum Gasteiger partial charge on any atom is 0.0541 e. The van der Waals surface area contributed by atoms with Gasteiger partial charge in [-0.1, -0.05) is 309 Å². The first-order valence-electron chi connectivity index (χ1n) is 38.6. The van der Waals surface area contributed by atoms with Crippen molar-refractivity contribution in [1.29, 1.82) is 0 Å². The second-order valence-electron chi connectivity index (χ2n) is 29.4. The third-order valence-electron chi connectivity index (χ3n) is 23.2. The van der Waals surface area contributed by atoms with Crippen molar-refractivity contribution in [2.24, 2.45) is 0 Å². The van der Waals surface area contributed by atoms with Crippen molar-refractivity contribution in [2.75, 3.05) is 0 Å². The molecule has 0 aliphatic heterocycles. The Kier molecular flexibility index (Phi) is 15.2. The van der Waals surface area contributed by atoms with Crippen molar-refractivity contribution in [1.82, 2.24) is 18.3 Å². The molecule has 0 bridgehead atoms. The van der Waals surface area contributed by atoms with Crippen molar-refractivity contribution >= 4 is 120 Å². The highest BCUT2D eigenvalue weighted by Gasteiger charge is 2.22. The van der Waals surface area contributed by atoms with Crippen LogP contribution in [0.5, 0.6) is 0 Å². The predicted octanol–water partition coefficient (Wildman–Crippen LogP) is 29.2. The second-order valence-corrected chi connectivity index (χ2v) is 29.4. The second kappa shape index (κ2) is 26.5. The highest BCUT2D eigenvalue weighted by Crippen LogP contribution is 2.45. The van der Waals surface area contributed by atoms with Gasteiger partial charge in [0.15, 0.2) is 0 Å². The van der Waals surface area contributed by atoms with Gasteiger partial charge in [0.2, 0.25) is 0 Å². The Morgan fingerprint density at radius 1 is 0.134 bits per heavy atom. The number of hydrogen-bond donors (Lipinski definition) is 0. The van der Waals surface area contributed by atoms with Crippen LogP contribution in [0.15, 0.2) is 425 Å². The molecule has 0 atom stereocenters. The zero-order valence-corrected chi connectivity index (χ0v) is 61.2. The summed E-state index contributed by atoms with van der Waals surface area (Å²) in [7, 11) is 0. The van der Waals surface area contributed by atoms with Crippen LogP contribution in [0.25, 0.3) is 209 Å². The average Bonchev–Trinajstić information content (AvgIpc) is 1.53. The van der Waals surface area contributed by atoms with Crippen LogP contribution in [0.2, 0.25) is 0 Å². The first-order valence-corrected chi connectivity index (χ1v) is 38.6. The van der Waals surface area contributed by atoms with E-state index < -0.39 is 0 Å². The monoisotopic (exact) mass is 1420 g/mol. The molecular formula is C108H70N4. The molecule has 0 spiro atoms. The Bertz CT molecular complexity index is 7620. The molecule has 0 radical (unpaired) electrons. The van der Waals surface area contributed by atoms with Crippen LogP contribution in [0.4, 0.5) is 0 Å². The zero-order valence-electron chi connectivity index (χ0n) is 61.2. The average molecular weight is 1420 g/mol. The SMILES string of the molecule is c1ccc(-c2ccccc2-n2c3ccccc3c3cc(-c4ccc5c(c4)c4ccccc4n5-c4ccc(-c5cccc6ccccc56)cc4)ccc32)cc1.c1ccc(-c2ccccc2-n2c3ccccc3c3cc(-c4ccc5c(c4)c4ccccc4n5-c4cccc(-c5c6ccccc6cc6ccccc56)c4)ccc32)cc1. The van der Waals surface area contributed by atoms with Crippen molar-refractivity contribution in [2.45, 2.75) is 0 Å². The topological polar surface area (TPSA) is 19.7 Å². The summed E-state index contributed by atoms with van der Waals surface area (Å²) in [5.74, 6) is 0. The molecule has 0 saturated heterocycles. The van der Waals surface area contributed by atoms with E-state index in [1.54, 1.807) is 0 Å². The van der Waals surface area contributed by atoms with Gasteiger partial charge >= 0.3 is 0 Å². The largest absolute Gasteiger partial charge is 0.309 e. The van der Waals surface area contributed by atoms with Crippen LogP contribution in [0, 0.1) is 0 Å². The van der Waals surface area contributed by atoms with Crippen molar-refractivity contribution in [3.63, 3.8) is 0 Å². The molecule has 0 unspecified atom stereocenters.